The summed E-state index contributed by atoms with van der Waals surface area (Å²) in [6, 6.07) is 15.4. The molecule has 0 aliphatic carbocycles. The lowest BCUT2D eigenvalue weighted by Crippen LogP contribution is -2.08. The summed E-state index contributed by atoms with van der Waals surface area (Å²) in [5.74, 6) is 0.701. The van der Waals surface area contributed by atoms with Crippen LogP contribution in [0, 0.1) is 0 Å². The van der Waals surface area contributed by atoms with Crippen molar-refractivity contribution in [1.29, 1.82) is 0 Å². The predicted molar refractivity (Wildman–Crippen MR) is 80.1 cm³/mol. The fourth-order valence-electron chi connectivity index (χ4n) is 1.62. The Morgan fingerprint density at radius 2 is 1.68 bits per heavy atom. The molecule has 2 aromatic carbocycles. The first-order valence-corrected chi connectivity index (χ1v) is 6.85. The lowest BCUT2D eigenvalue weighted by atomic mass is 10.2. The predicted octanol–water partition coefficient (Wildman–Crippen LogP) is 3.63. The maximum Gasteiger partial charge on any atom is 0.142 e. The molecule has 2 aromatic rings. The van der Waals surface area contributed by atoms with Crippen molar-refractivity contribution in [1.82, 2.24) is 0 Å². The number of nitrogens with two attached hydrogens (primary N) is 1. The second-order valence-electron chi connectivity index (χ2n) is 4.03. The Kier molecular flexibility index (Phi) is 5.24. The van der Waals surface area contributed by atoms with Crippen molar-refractivity contribution in [2.24, 2.45) is 0 Å². The lowest BCUT2D eigenvalue weighted by Gasteiger charge is -2.09. The van der Waals surface area contributed by atoms with Crippen molar-refractivity contribution in [2.75, 3.05) is 18.9 Å². The Hall–Kier alpha value is -1.52. The summed E-state index contributed by atoms with van der Waals surface area (Å²) < 4.78 is 12.2. The zero-order valence-corrected chi connectivity index (χ0v) is 12.1. The van der Waals surface area contributed by atoms with Crippen LogP contribution in [-0.2, 0) is 11.3 Å². The Balaban J connectivity index is 1.71. The Bertz CT molecular complexity index is 484. The van der Waals surface area contributed by atoms with Gasteiger partial charge in [0.2, 0.25) is 0 Å². The van der Waals surface area contributed by atoms with E-state index in [1.807, 2.05) is 48.5 Å². The van der Waals surface area contributed by atoms with Gasteiger partial charge in [0.25, 0.3) is 0 Å². The van der Waals surface area contributed by atoms with Crippen molar-refractivity contribution >= 4 is 21.6 Å². The van der Waals surface area contributed by atoms with E-state index in [1.165, 1.54) is 0 Å². The van der Waals surface area contributed by atoms with Crippen molar-refractivity contribution in [3.63, 3.8) is 0 Å². The summed E-state index contributed by atoms with van der Waals surface area (Å²) >= 11 is 3.48. The van der Waals surface area contributed by atoms with E-state index in [2.05, 4.69) is 15.9 Å². The average Bonchev–Trinajstić information content (AvgIpc) is 2.42. The van der Waals surface area contributed by atoms with Gasteiger partial charge in [0.1, 0.15) is 12.4 Å². The fourth-order valence-corrected chi connectivity index (χ4v) is 2.02. The van der Waals surface area contributed by atoms with Crippen LogP contribution in [0.25, 0.3) is 0 Å². The number of hydrogen-bond donors (Lipinski definition) is 1. The number of benzene rings is 2. The van der Waals surface area contributed by atoms with E-state index in [4.69, 9.17) is 15.2 Å². The number of ether oxygens (including phenoxy) is 2. The zero-order valence-electron chi connectivity index (χ0n) is 10.5. The SMILES string of the molecule is Nc1ccccc1OCCOCc1ccccc1Br. The van der Waals surface area contributed by atoms with Gasteiger partial charge in [-0.3, -0.25) is 0 Å². The highest BCUT2D eigenvalue weighted by atomic mass is 79.9. The number of anilines is 1. The van der Waals surface area contributed by atoms with Crippen LogP contribution in [0.4, 0.5) is 5.69 Å². The van der Waals surface area contributed by atoms with E-state index in [1.54, 1.807) is 0 Å². The van der Waals surface area contributed by atoms with Crippen LogP contribution < -0.4 is 10.5 Å². The largest absolute Gasteiger partial charge is 0.489 e. The summed E-state index contributed by atoms with van der Waals surface area (Å²) in [5, 5.41) is 0. The highest BCUT2D eigenvalue weighted by Crippen LogP contribution is 2.19. The van der Waals surface area contributed by atoms with E-state index in [9.17, 15) is 0 Å². The highest BCUT2D eigenvalue weighted by molar-refractivity contribution is 9.10. The third-order valence-electron chi connectivity index (χ3n) is 2.62. The van der Waals surface area contributed by atoms with Gasteiger partial charge >= 0.3 is 0 Å². The quantitative estimate of drug-likeness (QED) is 0.652. The minimum absolute atomic E-state index is 0.485. The average molecular weight is 322 g/mol. The normalized spacial score (nSPS) is 10.4. The van der Waals surface area contributed by atoms with Gasteiger partial charge in [-0.25, -0.2) is 0 Å². The Morgan fingerprint density at radius 1 is 0.947 bits per heavy atom. The third-order valence-corrected chi connectivity index (χ3v) is 3.39. The second kappa shape index (κ2) is 7.16. The van der Waals surface area contributed by atoms with E-state index in [0.717, 1.165) is 10.0 Å². The summed E-state index contributed by atoms with van der Waals surface area (Å²) in [4.78, 5) is 0. The van der Waals surface area contributed by atoms with Gasteiger partial charge in [-0.15, -0.1) is 0 Å². The molecule has 3 nitrogen and oxygen atoms in total. The second-order valence-corrected chi connectivity index (χ2v) is 4.88. The molecular formula is C15H16BrNO2. The van der Waals surface area contributed by atoms with Gasteiger partial charge in [0.05, 0.1) is 18.9 Å². The standard InChI is InChI=1S/C15H16BrNO2/c16-13-6-2-1-5-12(13)11-18-9-10-19-15-8-4-3-7-14(15)17/h1-8H,9-11,17H2. The zero-order chi connectivity index (χ0) is 13.5. The van der Waals surface area contributed by atoms with Crippen LogP contribution in [-0.4, -0.2) is 13.2 Å². The molecule has 2 rings (SSSR count). The smallest absolute Gasteiger partial charge is 0.142 e. The van der Waals surface area contributed by atoms with Crippen LogP contribution in [0.15, 0.2) is 53.0 Å². The number of rotatable bonds is 6. The Labute approximate surface area is 121 Å². The molecule has 4 heteroatoms. The first-order valence-electron chi connectivity index (χ1n) is 6.06. The van der Waals surface area contributed by atoms with Gasteiger partial charge in [-0.05, 0) is 23.8 Å². The molecule has 0 saturated carbocycles. The third kappa shape index (κ3) is 4.26. The fraction of sp³-hybridized carbons (Fsp3) is 0.200. The van der Waals surface area contributed by atoms with Gasteiger partial charge in [0.15, 0.2) is 0 Å². The van der Waals surface area contributed by atoms with E-state index in [0.29, 0.717) is 31.3 Å². The molecule has 0 aliphatic heterocycles. The highest BCUT2D eigenvalue weighted by Gasteiger charge is 2.00. The molecule has 0 spiro atoms. The molecule has 0 aromatic heterocycles. The molecule has 0 atom stereocenters. The Morgan fingerprint density at radius 3 is 2.47 bits per heavy atom. The molecule has 100 valence electrons. The summed E-state index contributed by atoms with van der Waals surface area (Å²) in [7, 11) is 0. The van der Waals surface area contributed by atoms with Crippen molar-refractivity contribution in [2.45, 2.75) is 6.61 Å². The minimum Gasteiger partial charge on any atom is -0.489 e. The number of halogens is 1. The van der Waals surface area contributed by atoms with Gasteiger partial charge in [-0.2, -0.15) is 0 Å². The molecular weight excluding hydrogens is 306 g/mol. The molecule has 0 bridgehead atoms. The van der Waals surface area contributed by atoms with Crippen molar-refractivity contribution in [3.8, 4) is 5.75 Å². The van der Waals surface area contributed by atoms with E-state index in [-0.39, 0.29) is 0 Å². The first kappa shape index (κ1) is 13.9. The van der Waals surface area contributed by atoms with Crippen LogP contribution in [0.5, 0.6) is 5.75 Å². The topological polar surface area (TPSA) is 44.5 Å². The van der Waals surface area contributed by atoms with Crippen LogP contribution in [0.3, 0.4) is 0 Å². The molecule has 0 aliphatic rings. The maximum absolute atomic E-state index is 5.77. The van der Waals surface area contributed by atoms with Crippen molar-refractivity contribution in [3.05, 3.63) is 58.6 Å². The van der Waals surface area contributed by atoms with Crippen LogP contribution in [0.1, 0.15) is 5.56 Å². The molecule has 0 fully saturated rings. The first-order chi connectivity index (χ1) is 9.27. The molecule has 0 unspecified atom stereocenters. The van der Waals surface area contributed by atoms with E-state index < -0.39 is 0 Å². The molecule has 0 saturated heterocycles. The molecule has 0 heterocycles. The van der Waals surface area contributed by atoms with Crippen LogP contribution >= 0.6 is 15.9 Å². The van der Waals surface area contributed by atoms with Gasteiger partial charge in [-0.1, -0.05) is 46.3 Å². The van der Waals surface area contributed by atoms with E-state index >= 15 is 0 Å². The molecule has 2 N–H and O–H groups in total. The molecule has 19 heavy (non-hydrogen) atoms. The summed E-state index contributed by atoms with van der Waals surface area (Å²) in [6.45, 7) is 1.57. The monoisotopic (exact) mass is 321 g/mol. The molecule has 0 amide bonds. The van der Waals surface area contributed by atoms with Crippen LogP contribution in [0.2, 0.25) is 0 Å². The summed E-state index contributed by atoms with van der Waals surface area (Å²) in [6.07, 6.45) is 0. The summed E-state index contributed by atoms with van der Waals surface area (Å²) in [5.41, 5.74) is 7.55. The minimum atomic E-state index is 0.485. The number of nitrogen functional groups attached to an aromatic ring is 1. The maximum atomic E-state index is 5.77. The lowest BCUT2D eigenvalue weighted by molar-refractivity contribution is 0.0888. The molecule has 0 radical (unpaired) electrons. The number of para-hydroxylation sites is 2. The van der Waals surface area contributed by atoms with Gasteiger partial charge in [0, 0.05) is 4.47 Å². The van der Waals surface area contributed by atoms with Crippen molar-refractivity contribution < 1.29 is 9.47 Å². The van der Waals surface area contributed by atoms with Gasteiger partial charge < -0.3 is 15.2 Å². The number of hydrogen-bond acceptors (Lipinski definition) is 3.